The van der Waals surface area contributed by atoms with Gasteiger partial charge in [0.25, 0.3) is 5.56 Å². The minimum atomic E-state index is -0.0518. The molecule has 0 spiro atoms. The van der Waals surface area contributed by atoms with E-state index in [2.05, 4.69) is 23.2 Å². The minimum Gasteiger partial charge on any atom is -0.338 e. The van der Waals surface area contributed by atoms with Crippen molar-refractivity contribution in [2.45, 2.75) is 32.7 Å². The summed E-state index contributed by atoms with van der Waals surface area (Å²) in [4.78, 5) is 29.4. The van der Waals surface area contributed by atoms with Crippen LogP contribution in [0, 0.1) is 6.92 Å². The molecule has 0 aliphatic carbocycles. The van der Waals surface area contributed by atoms with Gasteiger partial charge in [0.15, 0.2) is 0 Å². The number of carbonyl (C=O) groups excluding carboxylic acids is 1. The molecule has 2 heterocycles. The van der Waals surface area contributed by atoms with Crippen LogP contribution in [0.1, 0.15) is 28.7 Å². The van der Waals surface area contributed by atoms with Crippen LogP contribution in [-0.4, -0.2) is 22.3 Å². The van der Waals surface area contributed by atoms with Crippen molar-refractivity contribution in [3.05, 3.63) is 81.1 Å². The molecule has 1 aliphatic rings. The lowest BCUT2D eigenvalue weighted by Crippen LogP contribution is -2.36. The van der Waals surface area contributed by atoms with E-state index in [9.17, 15) is 9.59 Å². The Labute approximate surface area is 152 Å². The van der Waals surface area contributed by atoms with Gasteiger partial charge in [-0.3, -0.25) is 9.59 Å². The summed E-state index contributed by atoms with van der Waals surface area (Å²) in [5, 5.41) is 1.06. The molecule has 0 bridgehead atoms. The van der Waals surface area contributed by atoms with Crippen LogP contribution in [0.5, 0.6) is 0 Å². The number of aromatic nitrogens is 1. The van der Waals surface area contributed by atoms with E-state index in [0.717, 1.165) is 41.4 Å². The van der Waals surface area contributed by atoms with E-state index in [1.54, 1.807) is 0 Å². The predicted octanol–water partition coefficient (Wildman–Crippen LogP) is 3.35. The summed E-state index contributed by atoms with van der Waals surface area (Å²) in [6, 6.07) is 16.2. The van der Waals surface area contributed by atoms with Crippen LogP contribution in [0.2, 0.25) is 0 Å². The molecule has 1 aliphatic heterocycles. The van der Waals surface area contributed by atoms with Crippen LogP contribution in [0.4, 0.5) is 0 Å². The number of fused-ring (bicyclic) bond motifs is 2. The Hall–Kier alpha value is -2.88. The second kappa shape index (κ2) is 6.79. The van der Waals surface area contributed by atoms with Crippen molar-refractivity contribution in [1.82, 2.24) is 9.88 Å². The summed E-state index contributed by atoms with van der Waals surface area (Å²) >= 11 is 0. The number of hydrogen-bond acceptors (Lipinski definition) is 2. The van der Waals surface area contributed by atoms with Gasteiger partial charge in [-0.2, -0.15) is 0 Å². The van der Waals surface area contributed by atoms with Crippen molar-refractivity contribution in [2.24, 2.45) is 0 Å². The maximum absolute atomic E-state index is 12.6. The summed E-state index contributed by atoms with van der Waals surface area (Å²) in [6.07, 6.45) is 2.16. The molecule has 4 rings (SSSR count). The molecule has 1 amide bonds. The summed E-state index contributed by atoms with van der Waals surface area (Å²) in [5.74, 6) is 0.192. The maximum Gasteiger partial charge on any atom is 0.251 e. The number of carbonyl (C=O) groups is 1. The average molecular weight is 346 g/mol. The van der Waals surface area contributed by atoms with Crippen LogP contribution in [-0.2, 0) is 24.2 Å². The van der Waals surface area contributed by atoms with E-state index in [1.165, 1.54) is 11.1 Å². The van der Waals surface area contributed by atoms with E-state index in [1.807, 2.05) is 42.2 Å². The molecule has 4 nitrogen and oxygen atoms in total. The van der Waals surface area contributed by atoms with Crippen molar-refractivity contribution < 1.29 is 4.79 Å². The quantitative estimate of drug-likeness (QED) is 0.791. The topological polar surface area (TPSA) is 53.2 Å². The van der Waals surface area contributed by atoms with E-state index in [-0.39, 0.29) is 11.5 Å². The molecule has 0 atom stereocenters. The number of nitrogens with zero attached hydrogens (tertiary/aromatic N) is 1. The molecule has 1 N–H and O–H groups in total. The molecular weight excluding hydrogens is 324 g/mol. The van der Waals surface area contributed by atoms with Gasteiger partial charge < -0.3 is 9.88 Å². The van der Waals surface area contributed by atoms with Gasteiger partial charge in [-0.05, 0) is 60.0 Å². The van der Waals surface area contributed by atoms with Crippen molar-refractivity contribution in [1.29, 1.82) is 0 Å². The second-order valence-corrected chi connectivity index (χ2v) is 7.04. The molecule has 0 saturated heterocycles. The van der Waals surface area contributed by atoms with Gasteiger partial charge in [-0.15, -0.1) is 0 Å². The van der Waals surface area contributed by atoms with Crippen molar-refractivity contribution in [2.75, 3.05) is 6.54 Å². The van der Waals surface area contributed by atoms with E-state index >= 15 is 0 Å². The highest BCUT2D eigenvalue weighted by Gasteiger charge is 2.21. The number of pyridine rings is 1. The second-order valence-electron chi connectivity index (χ2n) is 7.04. The van der Waals surface area contributed by atoms with Crippen LogP contribution < -0.4 is 5.56 Å². The van der Waals surface area contributed by atoms with E-state index in [0.29, 0.717) is 13.0 Å². The summed E-state index contributed by atoms with van der Waals surface area (Å²) in [5.41, 5.74) is 5.12. The lowest BCUT2D eigenvalue weighted by atomic mass is 9.96. The fourth-order valence-electron chi connectivity index (χ4n) is 3.64. The molecule has 132 valence electrons. The SMILES string of the molecule is Cc1cc2cc3c(cc2[nH]c1=O)CN(C(=O)CCc1ccccc1)CC3. The fraction of sp³-hybridized carbons (Fsp3) is 0.273. The first-order chi connectivity index (χ1) is 12.6. The number of nitrogens with one attached hydrogen (secondary N) is 1. The Kier molecular flexibility index (Phi) is 4.33. The molecule has 4 heteroatoms. The molecule has 1 aromatic heterocycles. The number of benzene rings is 2. The Balaban J connectivity index is 1.51. The minimum absolute atomic E-state index is 0.0518. The highest BCUT2D eigenvalue weighted by molar-refractivity contribution is 5.82. The first kappa shape index (κ1) is 16.6. The zero-order valence-corrected chi connectivity index (χ0v) is 14.9. The largest absolute Gasteiger partial charge is 0.338 e. The van der Waals surface area contributed by atoms with Crippen LogP contribution in [0.15, 0.2) is 53.3 Å². The Morgan fingerprint density at radius 2 is 1.92 bits per heavy atom. The van der Waals surface area contributed by atoms with Crippen molar-refractivity contribution in [3.63, 3.8) is 0 Å². The molecular formula is C22H22N2O2. The Morgan fingerprint density at radius 3 is 2.73 bits per heavy atom. The highest BCUT2D eigenvalue weighted by atomic mass is 16.2. The molecule has 0 fully saturated rings. The predicted molar refractivity (Wildman–Crippen MR) is 103 cm³/mol. The number of amides is 1. The average Bonchev–Trinajstić information content (AvgIpc) is 2.66. The van der Waals surface area contributed by atoms with Gasteiger partial charge in [0.1, 0.15) is 0 Å². The normalized spacial score (nSPS) is 13.7. The van der Waals surface area contributed by atoms with E-state index in [4.69, 9.17) is 0 Å². The first-order valence-corrected chi connectivity index (χ1v) is 9.07. The third-order valence-corrected chi connectivity index (χ3v) is 5.19. The van der Waals surface area contributed by atoms with Gasteiger partial charge in [0, 0.05) is 30.6 Å². The van der Waals surface area contributed by atoms with Gasteiger partial charge in [0.2, 0.25) is 5.91 Å². The summed E-state index contributed by atoms with van der Waals surface area (Å²) in [6.45, 7) is 3.20. The van der Waals surface area contributed by atoms with Gasteiger partial charge >= 0.3 is 0 Å². The Morgan fingerprint density at radius 1 is 1.12 bits per heavy atom. The molecule has 0 unspecified atom stereocenters. The number of aryl methyl sites for hydroxylation is 2. The number of hydrogen-bond donors (Lipinski definition) is 1. The standard InChI is InChI=1S/C22H22N2O2/c1-15-11-18-12-17-9-10-24(14-19(17)13-20(18)23-22(15)26)21(25)8-7-16-5-3-2-4-6-16/h2-6,11-13H,7-10,14H2,1H3,(H,23,26). The molecule has 2 aromatic carbocycles. The first-order valence-electron chi connectivity index (χ1n) is 9.07. The van der Waals surface area contributed by atoms with Crippen LogP contribution in [0.25, 0.3) is 10.9 Å². The lowest BCUT2D eigenvalue weighted by molar-refractivity contribution is -0.132. The lowest BCUT2D eigenvalue weighted by Gasteiger charge is -2.29. The van der Waals surface area contributed by atoms with Gasteiger partial charge in [-0.25, -0.2) is 0 Å². The van der Waals surface area contributed by atoms with Crippen molar-refractivity contribution >= 4 is 16.8 Å². The molecule has 0 radical (unpaired) electrons. The zero-order chi connectivity index (χ0) is 18.1. The number of H-pyrrole nitrogens is 1. The number of rotatable bonds is 3. The summed E-state index contributed by atoms with van der Waals surface area (Å²) in [7, 11) is 0. The molecule has 3 aromatic rings. The monoisotopic (exact) mass is 346 g/mol. The third kappa shape index (κ3) is 3.27. The van der Waals surface area contributed by atoms with Crippen LogP contribution in [0.3, 0.4) is 0 Å². The summed E-state index contributed by atoms with van der Waals surface area (Å²) < 4.78 is 0. The van der Waals surface area contributed by atoms with Gasteiger partial charge in [-0.1, -0.05) is 30.3 Å². The maximum atomic E-state index is 12.6. The van der Waals surface area contributed by atoms with Crippen molar-refractivity contribution in [3.8, 4) is 0 Å². The molecule has 26 heavy (non-hydrogen) atoms. The molecule has 0 saturated carbocycles. The van der Waals surface area contributed by atoms with Crippen LogP contribution >= 0.6 is 0 Å². The smallest absolute Gasteiger partial charge is 0.251 e. The van der Waals surface area contributed by atoms with E-state index < -0.39 is 0 Å². The Bertz CT molecular complexity index is 1020. The zero-order valence-electron chi connectivity index (χ0n) is 14.9. The highest BCUT2D eigenvalue weighted by Crippen LogP contribution is 2.24. The van der Waals surface area contributed by atoms with Gasteiger partial charge in [0.05, 0.1) is 0 Å². The third-order valence-electron chi connectivity index (χ3n) is 5.19. The number of aromatic amines is 1. The fourth-order valence-corrected chi connectivity index (χ4v) is 3.64.